The average molecular weight is 289 g/mol. The molecule has 0 unspecified atom stereocenters. The Hall–Kier alpha value is -1.62. The van der Waals surface area contributed by atoms with E-state index in [1.165, 1.54) is 11.3 Å². The summed E-state index contributed by atoms with van der Waals surface area (Å²) >= 11 is 0. The number of rotatable bonds is 7. The summed E-state index contributed by atoms with van der Waals surface area (Å²) in [6.07, 6.45) is 3.07. The molecule has 2 aromatic rings. The number of nitrogens with one attached hydrogen (secondary N) is 1. The molecule has 0 aromatic carbocycles. The lowest BCUT2D eigenvalue weighted by atomic mass is 10.1. The maximum Gasteiger partial charge on any atom is 0.0853 e. The monoisotopic (exact) mass is 289 g/mol. The third-order valence-corrected chi connectivity index (χ3v) is 3.84. The van der Waals surface area contributed by atoms with Crippen molar-refractivity contribution >= 4 is 0 Å². The predicted octanol–water partition coefficient (Wildman–Crippen LogP) is 2.48. The van der Waals surface area contributed by atoms with E-state index in [-0.39, 0.29) is 0 Å². The van der Waals surface area contributed by atoms with Gasteiger partial charge in [0, 0.05) is 17.9 Å². The highest BCUT2D eigenvalue weighted by Gasteiger charge is 2.12. The van der Waals surface area contributed by atoms with Crippen LogP contribution in [0.25, 0.3) is 0 Å². The van der Waals surface area contributed by atoms with Crippen LogP contribution in [0.2, 0.25) is 0 Å². The van der Waals surface area contributed by atoms with Crippen LogP contribution in [-0.2, 0) is 13.0 Å². The smallest absolute Gasteiger partial charge is 0.0853 e. The van der Waals surface area contributed by atoms with Crippen LogP contribution in [0.1, 0.15) is 49.5 Å². The summed E-state index contributed by atoms with van der Waals surface area (Å²) < 4.78 is 4.07. The van der Waals surface area contributed by atoms with Gasteiger partial charge in [0.05, 0.1) is 17.9 Å². The van der Waals surface area contributed by atoms with Gasteiger partial charge in [-0.2, -0.15) is 10.2 Å². The molecule has 21 heavy (non-hydrogen) atoms. The van der Waals surface area contributed by atoms with Crippen molar-refractivity contribution < 1.29 is 0 Å². The molecular weight excluding hydrogens is 262 g/mol. The molecule has 0 amide bonds. The van der Waals surface area contributed by atoms with Crippen molar-refractivity contribution in [2.45, 2.75) is 53.6 Å². The van der Waals surface area contributed by atoms with E-state index in [2.05, 4.69) is 60.9 Å². The van der Waals surface area contributed by atoms with Gasteiger partial charge in [-0.05, 0) is 58.8 Å². The Bertz CT molecular complexity index is 580. The van der Waals surface area contributed by atoms with Crippen LogP contribution in [0.4, 0.5) is 0 Å². The van der Waals surface area contributed by atoms with Crippen LogP contribution in [0.5, 0.6) is 0 Å². The molecular formula is C16H27N5. The van der Waals surface area contributed by atoms with Crippen LogP contribution in [0, 0.1) is 13.8 Å². The minimum atomic E-state index is 0.398. The van der Waals surface area contributed by atoms with Gasteiger partial charge in [-0.25, -0.2) is 0 Å². The SMILES string of the molecule is CCNCCc1c(C)nn(Cc2ccn(C(C)C)n2)c1C. The molecule has 0 spiro atoms. The number of likely N-dealkylation sites (N-methyl/N-ethyl adjacent to an activating group) is 1. The Morgan fingerprint density at radius 1 is 1.24 bits per heavy atom. The molecule has 0 radical (unpaired) electrons. The number of nitrogens with zero attached hydrogens (tertiary/aromatic N) is 4. The lowest BCUT2D eigenvalue weighted by molar-refractivity contribution is 0.519. The van der Waals surface area contributed by atoms with Gasteiger partial charge >= 0.3 is 0 Å². The van der Waals surface area contributed by atoms with E-state index in [9.17, 15) is 0 Å². The van der Waals surface area contributed by atoms with Crippen LogP contribution >= 0.6 is 0 Å². The zero-order valence-corrected chi connectivity index (χ0v) is 13.8. The Morgan fingerprint density at radius 3 is 2.62 bits per heavy atom. The maximum absolute atomic E-state index is 4.68. The quantitative estimate of drug-likeness (QED) is 0.797. The Kier molecular flexibility index (Phi) is 5.17. The summed E-state index contributed by atoms with van der Waals surface area (Å²) in [5.74, 6) is 0. The fourth-order valence-corrected chi connectivity index (χ4v) is 2.54. The van der Waals surface area contributed by atoms with Crippen molar-refractivity contribution in [3.05, 3.63) is 34.9 Å². The highest BCUT2D eigenvalue weighted by molar-refractivity contribution is 5.25. The molecule has 5 nitrogen and oxygen atoms in total. The van der Waals surface area contributed by atoms with Gasteiger partial charge < -0.3 is 5.32 Å². The van der Waals surface area contributed by atoms with Crippen molar-refractivity contribution in [1.29, 1.82) is 0 Å². The minimum Gasteiger partial charge on any atom is -0.317 e. The Balaban J connectivity index is 2.11. The lowest BCUT2D eigenvalue weighted by Gasteiger charge is -2.06. The lowest BCUT2D eigenvalue weighted by Crippen LogP contribution is -2.16. The summed E-state index contributed by atoms with van der Waals surface area (Å²) in [5.41, 5.74) is 4.81. The van der Waals surface area contributed by atoms with Gasteiger partial charge in [0.25, 0.3) is 0 Å². The van der Waals surface area contributed by atoms with Crippen molar-refractivity contribution in [2.75, 3.05) is 13.1 Å². The van der Waals surface area contributed by atoms with E-state index in [0.717, 1.165) is 37.4 Å². The van der Waals surface area contributed by atoms with E-state index in [0.29, 0.717) is 6.04 Å². The normalized spacial score (nSPS) is 11.5. The van der Waals surface area contributed by atoms with Gasteiger partial charge in [-0.1, -0.05) is 6.92 Å². The Labute approximate surface area is 127 Å². The zero-order valence-electron chi connectivity index (χ0n) is 13.8. The van der Waals surface area contributed by atoms with Gasteiger partial charge in [-0.15, -0.1) is 0 Å². The molecule has 0 bridgehead atoms. The number of aryl methyl sites for hydroxylation is 1. The molecule has 1 N–H and O–H groups in total. The van der Waals surface area contributed by atoms with Crippen molar-refractivity contribution in [2.24, 2.45) is 0 Å². The molecule has 0 saturated carbocycles. The molecule has 0 aliphatic heterocycles. The average Bonchev–Trinajstić information content (AvgIpc) is 2.99. The second-order valence-corrected chi connectivity index (χ2v) is 5.79. The summed E-state index contributed by atoms with van der Waals surface area (Å²) in [6.45, 7) is 13.4. The van der Waals surface area contributed by atoms with Crippen LogP contribution in [0.15, 0.2) is 12.3 Å². The predicted molar refractivity (Wildman–Crippen MR) is 85.7 cm³/mol. The van der Waals surface area contributed by atoms with Crippen molar-refractivity contribution in [1.82, 2.24) is 24.9 Å². The minimum absolute atomic E-state index is 0.398. The third kappa shape index (κ3) is 3.73. The standard InChI is InChI=1S/C16H27N5/c1-6-17-9-7-16-13(4)18-21(14(16)5)11-15-8-10-20(19-15)12(2)3/h8,10,12,17H,6-7,9,11H2,1-5H3. The molecule has 0 aliphatic rings. The van der Waals surface area contributed by atoms with E-state index >= 15 is 0 Å². The van der Waals surface area contributed by atoms with Gasteiger partial charge in [0.15, 0.2) is 0 Å². The number of hydrogen-bond donors (Lipinski definition) is 1. The van der Waals surface area contributed by atoms with Crippen LogP contribution in [-0.4, -0.2) is 32.7 Å². The largest absolute Gasteiger partial charge is 0.317 e. The molecule has 5 heteroatoms. The first-order valence-electron chi connectivity index (χ1n) is 7.80. The van der Waals surface area contributed by atoms with E-state index in [1.807, 2.05) is 10.9 Å². The third-order valence-electron chi connectivity index (χ3n) is 3.84. The first-order chi connectivity index (χ1) is 10.0. The van der Waals surface area contributed by atoms with E-state index in [1.54, 1.807) is 0 Å². The molecule has 0 saturated heterocycles. The second-order valence-electron chi connectivity index (χ2n) is 5.79. The summed E-state index contributed by atoms with van der Waals surface area (Å²) in [5, 5.41) is 12.7. The highest BCUT2D eigenvalue weighted by atomic mass is 15.3. The van der Waals surface area contributed by atoms with E-state index in [4.69, 9.17) is 0 Å². The molecule has 2 rings (SSSR count). The van der Waals surface area contributed by atoms with Crippen molar-refractivity contribution in [3.8, 4) is 0 Å². The van der Waals surface area contributed by atoms with Crippen LogP contribution < -0.4 is 5.32 Å². The molecule has 2 aromatic heterocycles. The summed E-state index contributed by atoms with van der Waals surface area (Å²) in [6, 6.07) is 2.48. The second kappa shape index (κ2) is 6.89. The fraction of sp³-hybridized carbons (Fsp3) is 0.625. The van der Waals surface area contributed by atoms with Crippen molar-refractivity contribution in [3.63, 3.8) is 0 Å². The zero-order chi connectivity index (χ0) is 15.4. The molecule has 0 aliphatic carbocycles. The first-order valence-corrected chi connectivity index (χ1v) is 7.80. The van der Waals surface area contributed by atoms with Gasteiger partial charge in [-0.3, -0.25) is 9.36 Å². The van der Waals surface area contributed by atoms with Gasteiger partial charge in [0.2, 0.25) is 0 Å². The fourth-order valence-electron chi connectivity index (χ4n) is 2.54. The summed E-state index contributed by atoms with van der Waals surface area (Å²) in [7, 11) is 0. The maximum atomic E-state index is 4.68. The molecule has 116 valence electrons. The molecule has 2 heterocycles. The summed E-state index contributed by atoms with van der Waals surface area (Å²) in [4.78, 5) is 0. The van der Waals surface area contributed by atoms with Gasteiger partial charge in [0.1, 0.15) is 0 Å². The molecule has 0 fully saturated rings. The van der Waals surface area contributed by atoms with Crippen LogP contribution in [0.3, 0.4) is 0 Å². The number of aromatic nitrogens is 4. The topological polar surface area (TPSA) is 47.7 Å². The van der Waals surface area contributed by atoms with E-state index < -0.39 is 0 Å². The Morgan fingerprint density at radius 2 is 2.00 bits per heavy atom. The highest BCUT2D eigenvalue weighted by Crippen LogP contribution is 2.15. The first kappa shape index (κ1) is 15.8. The molecule has 0 atom stereocenters. The number of hydrogen-bond acceptors (Lipinski definition) is 3.